The topological polar surface area (TPSA) is 106 Å². The molecule has 218 valence electrons. The third-order valence-corrected chi connectivity index (χ3v) is 8.85. The van der Waals surface area contributed by atoms with E-state index >= 15 is 0 Å². The smallest absolute Gasteiger partial charge is 0.334 e. The van der Waals surface area contributed by atoms with E-state index in [1.807, 2.05) is 36.5 Å². The molecule has 2 amide bonds. The first-order valence-corrected chi connectivity index (χ1v) is 14.8. The van der Waals surface area contributed by atoms with E-state index in [0.717, 1.165) is 49.0 Å². The average Bonchev–Trinajstić information content (AvgIpc) is 3.68. The van der Waals surface area contributed by atoms with Gasteiger partial charge in [-0.25, -0.2) is 9.78 Å². The summed E-state index contributed by atoms with van der Waals surface area (Å²) in [6, 6.07) is 17.0. The number of rotatable bonds is 7. The van der Waals surface area contributed by atoms with Crippen molar-refractivity contribution in [3.63, 3.8) is 0 Å². The Hall–Kier alpha value is -4.40. The Morgan fingerprint density at radius 1 is 1.05 bits per heavy atom. The van der Waals surface area contributed by atoms with Crippen LogP contribution < -0.4 is 10.6 Å². The maximum absolute atomic E-state index is 14.3. The first-order valence-electron chi connectivity index (χ1n) is 14.8. The van der Waals surface area contributed by atoms with Crippen LogP contribution in [0.25, 0.3) is 0 Å². The van der Waals surface area contributed by atoms with Crippen LogP contribution in [0.4, 0.5) is 5.69 Å². The zero-order valence-electron chi connectivity index (χ0n) is 23.9. The number of amides is 2. The second-order valence-electron chi connectivity index (χ2n) is 11.6. The molecule has 9 heteroatoms. The van der Waals surface area contributed by atoms with Crippen molar-refractivity contribution in [2.75, 3.05) is 11.9 Å². The van der Waals surface area contributed by atoms with E-state index in [1.54, 1.807) is 30.0 Å². The first kappa shape index (κ1) is 27.8. The number of carbonyl (C=O) groups excluding carboxylic acids is 3. The summed E-state index contributed by atoms with van der Waals surface area (Å²) in [6.07, 6.45) is 7.92. The van der Waals surface area contributed by atoms with Gasteiger partial charge in [-0.15, -0.1) is 0 Å². The molecule has 0 unspecified atom stereocenters. The molecule has 3 aromatic rings. The van der Waals surface area contributed by atoms with Crippen molar-refractivity contribution in [3.8, 4) is 0 Å². The van der Waals surface area contributed by atoms with Crippen molar-refractivity contribution in [2.24, 2.45) is 11.8 Å². The summed E-state index contributed by atoms with van der Waals surface area (Å²) in [5.74, 6) is -0.593. The molecule has 1 saturated carbocycles. The lowest BCUT2D eigenvalue weighted by molar-refractivity contribution is -0.142. The lowest BCUT2D eigenvalue weighted by Gasteiger charge is -2.41. The predicted octanol–water partition coefficient (Wildman–Crippen LogP) is 5.01. The Morgan fingerprint density at radius 3 is 2.62 bits per heavy atom. The van der Waals surface area contributed by atoms with Crippen LogP contribution in [0, 0.1) is 11.8 Å². The molecule has 42 heavy (non-hydrogen) atoms. The van der Waals surface area contributed by atoms with Gasteiger partial charge < -0.3 is 24.8 Å². The van der Waals surface area contributed by atoms with Crippen molar-refractivity contribution in [1.82, 2.24) is 19.8 Å². The minimum absolute atomic E-state index is 0.0540. The summed E-state index contributed by atoms with van der Waals surface area (Å²) in [7, 11) is 0. The number of carbonyl (C=O) groups is 3. The highest BCUT2D eigenvalue weighted by Gasteiger charge is 2.49. The molecule has 0 bridgehead atoms. The Balaban J connectivity index is 1.23. The van der Waals surface area contributed by atoms with E-state index in [2.05, 4.69) is 39.2 Å². The third kappa shape index (κ3) is 5.43. The zero-order valence-corrected chi connectivity index (χ0v) is 23.9. The fourth-order valence-corrected chi connectivity index (χ4v) is 6.78. The minimum atomic E-state index is -0.444. The van der Waals surface area contributed by atoms with Gasteiger partial charge in [0.2, 0.25) is 5.91 Å². The van der Waals surface area contributed by atoms with Gasteiger partial charge in [0.25, 0.3) is 5.91 Å². The van der Waals surface area contributed by atoms with Gasteiger partial charge in [0, 0.05) is 41.5 Å². The molecule has 2 aliphatic heterocycles. The fourth-order valence-electron chi connectivity index (χ4n) is 6.78. The van der Waals surface area contributed by atoms with Gasteiger partial charge in [-0.2, -0.15) is 0 Å². The van der Waals surface area contributed by atoms with Crippen molar-refractivity contribution >= 4 is 23.5 Å². The van der Waals surface area contributed by atoms with Crippen LogP contribution in [0.1, 0.15) is 72.7 Å². The number of esters is 1. The SMILES string of the molecule is C=C(C)C(=O)OCn1cnc([C@@H]2Nc3ccccc3[C@H]3[C@@H]2CCN3C(=O)[C@H]2CCCC[C@H]2NC(=O)c2ccccc2)c1. The summed E-state index contributed by atoms with van der Waals surface area (Å²) in [5, 5.41) is 6.87. The van der Waals surface area contributed by atoms with Gasteiger partial charge in [0.15, 0.2) is 6.73 Å². The molecule has 1 aromatic heterocycles. The van der Waals surface area contributed by atoms with Crippen molar-refractivity contribution in [3.05, 3.63) is 96.1 Å². The van der Waals surface area contributed by atoms with E-state index in [1.165, 1.54) is 0 Å². The highest BCUT2D eigenvalue weighted by molar-refractivity contribution is 5.95. The van der Waals surface area contributed by atoms with Crippen LogP contribution in [0.15, 0.2) is 79.3 Å². The number of hydrogen-bond donors (Lipinski definition) is 2. The zero-order chi connectivity index (χ0) is 29.2. The number of fused-ring (bicyclic) bond motifs is 3. The average molecular weight is 568 g/mol. The fraction of sp³-hybridized carbons (Fsp3) is 0.394. The van der Waals surface area contributed by atoms with E-state index in [0.29, 0.717) is 17.7 Å². The molecule has 9 nitrogen and oxygen atoms in total. The van der Waals surface area contributed by atoms with Gasteiger partial charge in [-0.1, -0.05) is 55.8 Å². The van der Waals surface area contributed by atoms with Crippen molar-refractivity contribution in [2.45, 2.75) is 63.9 Å². The number of nitrogens with zero attached hydrogens (tertiary/aromatic N) is 3. The van der Waals surface area contributed by atoms with Crippen LogP contribution in [0.3, 0.4) is 0 Å². The number of hydrogen-bond acceptors (Lipinski definition) is 6. The maximum Gasteiger partial charge on any atom is 0.334 e. The van der Waals surface area contributed by atoms with Crippen LogP contribution in [0.5, 0.6) is 0 Å². The highest BCUT2D eigenvalue weighted by atomic mass is 16.5. The molecular formula is C33H37N5O4. The standard InChI is InChI=1S/C33H37N5O4/c1-21(2)33(41)42-20-37-18-28(34-19-37)29-25-16-17-38(30(25)23-12-6-8-14-26(23)35-29)32(40)24-13-7-9-15-27(24)36-31(39)22-10-4-3-5-11-22/h3-6,8,10-12,14,18-19,24-25,27,29-30,35H,1,7,9,13,15-17,20H2,2H3,(H,36,39)/t24-,25+,27+,29+,30-/m0/s1. The summed E-state index contributed by atoms with van der Waals surface area (Å²) >= 11 is 0. The van der Waals surface area contributed by atoms with Crippen LogP contribution >= 0.6 is 0 Å². The Morgan fingerprint density at radius 2 is 1.81 bits per heavy atom. The van der Waals surface area contributed by atoms with E-state index in [4.69, 9.17) is 4.74 Å². The normalized spacial score (nSPS) is 24.6. The predicted molar refractivity (Wildman–Crippen MR) is 158 cm³/mol. The largest absolute Gasteiger partial charge is 0.441 e. The monoisotopic (exact) mass is 567 g/mol. The number of imidazole rings is 1. The molecule has 2 N–H and O–H groups in total. The maximum atomic E-state index is 14.3. The number of anilines is 1. The molecule has 3 aliphatic rings. The molecule has 6 rings (SSSR count). The van der Waals surface area contributed by atoms with Crippen LogP contribution in [0.2, 0.25) is 0 Å². The number of likely N-dealkylation sites (tertiary alicyclic amines) is 1. The Kier molecular flexibility index (Phi) is 7.82. The van der Waals surface area contributed by atoms with Gasteiger partial charge in [0.05, 0.1) is 30.0 Å². The molecule has 1 aliphatic carbocycles. The number of aromatic nitrogens is 2. The summed E-state index contributed by atoms with van der Waals surface area (Å²) in [4.78, 5) is 45.9. The van der Waals surface area contributed by atoms with Crippen molar-refractivity contribution in [1.29, 1.82) is 0 Å². The van der Waals surface area contributed by atoms with Crippen molar-refractivity contribution < 1.29 is 19.1 Å². The van der Waals surface area contributed by atoms with Crippen LogP contribution in [-0.2, 0) is 21.1 Å². The molecule has 0 spiro atoms. The molecule has 2 fully saturated rings. The molecule has 3 heterocycles. The first-order chi connectivity index (χ1) is 20.4. The molecule has 0 radical (unpaired) electrons. The number of nitrogens with one attached hydrogen (secondary N) is 2. The van der Waals surface area contributed by atoms with Gasteiger partial charge in [-0.3, -0.25) is 9.59 Å². The minimum Gasteiger partial charge on any atom is -0.441 e. The second-order valence-corrected chi connectivity index (χ2v) is 11.6. The van der Waals surface area contributed by atoms with E-state index < -0.39 is 5.97 Å². The second kappa shape index (κ2) is 11.8. The Labute approximate surface area is 246 Å². The van der Waals surface area contributed by atoms with Crippen LogP contribution in [-0.4, -0.2) is 44.8 Å². The van der Waals surface area contributed by atoms with E-state index in [9.17, 15) is 14.4 Å². The molecular weight excluding hydrogens is 530 g/mol. The van der Waals surface area contributed by atoms with Gasteiger partial charge in [0.1, 0.15) is 0 Å². The quantitative estimate of drug-likeness (QED) is 0.307. The number of ether oxygens (including phenoxy) is 1. The Bertz CT molecular complexity index is 1480. The van der Waals surface area contributed by atoms with E-state index in [-0.39, 0.29) is 48.5 Å². The summed E-state index contributed by atoms with van der Waals surface area (Å²) < 4.78 is 7.04. The summed E-state index contributed by atoms with van der Waals surface area (Å²) in [5.41, 5.74) is 3.90. The third-order valence-electron chi connectivity index (χ3n) is 8.85. The number of benzene rings is 2. The lowest BCUT2D eigenvalue weighted by Crippen LogP contribution is -2.50. The molecule has 5 atom stereocenters. The highest BCUT2D eigenvalue weighted by Crippen LogP contribution is 2.51. The molecule has 1 saturated heterocycles. The van der Waals surface area contributed by atoms with Gasteiger partial charge in [-0.05, 0) is 49.9 Å². The molecule has 2 aromatic carbocycles. The van der Waals surface area contributed by atoms with Gasteiger partial charge >= 0.3 is 5.97 Å². The number of para-hydroxylation sites is 1. The summed E-state index contributed by atoms with van der Waals surface area (Å²) in [6.45, 7) is 5.95. The lowest BCUT2D eigenvalue weighted by atomic mass is 9.80.